The van der Waals surface area contributed by atoms with Gasteiger partial charge in [-0.25, -0.2) is 0 Å². The van der Waals surface area contributed by atoms with Crippen LogP contribution >= 0.6 is 0 Å². The zero-order valence-electron chi connectivity index (χ0n) is 13.2. The van der Waals surface area contributed by atoms with Gasteiger partial charge in [-0.05, 0) is 36.2 Å². The molecule has 1 amide bonds. The first kappa shape index (κ1) is 16.0. The standard InChI is InChI=1S/C18H22N2O2/c1-13-6-4-5-7-16(13)18(22)19-12-17(21)14-8-10-15(11-9-14)20(2)3/h4-11,17,21H,12H2,1-3H3,(H,19,22)/t17-/m0/s1. The highest BCUT2D eigenvalue weighted by Crippen LogP contribution is 2.17. The van der Waals surface area contributed by atoms with Crippen LogP contribution in [0.5, 0.6) is 0 Å². The van der Waals surface area contributed by atoms with Crippen molar-refractivity contribution in [1.29, 1.82) is 0 Å². The minimum Gasteiger partial charge on any atom is -0.387 e. The van der Waals surface area contributed by atoms with Gasteiger partial charge in [0.1, 0.15) is 0 Å². The Kier molecular flexibility index (Phi) is 5.17. The van der Waals surface area contributed by atoms with E-state index >= 15 is 0 Å². The molecule has 0 saturated carbocycles. The van der Waals surface area contributed by atoms with Crippen molar-refractivity contribution in [2.45, 2.75) is 13.0 Å². The van der Waals surface area contributed by atoms with E-state index < -0.39 is 6.10 Å². The molecule has 22 heavy (non-hydrogen) atoms. The number of nitrogens with zero attached hydrogens (tertiary/aromatic N) is 1. The molecule has 0 unspecified atom stereocenters. The summed E-state index contributed by atoms with van der Waals surface area (Å²) in [7, 11) is 3.93. The summed E-state index contributed by atoms with van der Waals surface area (Å²) in [5.41, 5.74) is 3.41. The number of nitrogens with one attached hydrogen (secondary N) is 1. The van der Waals surface area contributed by atoms with Crippen LogP contribution in [0.4, 0.5) is 5.69 Å². The molecule has 0 aliphatic carbocycles. The lowest BCUT2D eigenvalue weighted by molar-refractivity contribution is 0.0915. The number of carbonyl (C=O) groups excluding carboxylic acids is 1. The molecule has 2 rings (SSSR count). The molecule has 0 bridgehead atoms. The van der Waals surface area contributed by atoms with Gasteiger partial charge in [0.15, 0.2) is 0 Å². The van der Waals surface area contributed by atoms with Crippen molar-refractivity contribution in [2.24, 2.45) is 0 Å². The summed E-state index contributed by atoms with van der Waals surface area (Å²) >= 11 is 0. The fraction of sp³-hybridized carbons (Fsp3) is 0.278. The second-order valence-electron chi connectivity index (χ2n) is 5.53. The molecule has 1 atom stereocenters. The molecule has 4 heteroatoms. The summed E-state index contributed by atoms with van der Waals surface area (Å²) in [6.45, 7) is 2.08. The van der Waals surface area contributed by atoms with E-state index in [1.54, 1.807) is 6.07 Å². The number of anilines is 1. The summed E-state index contributed by atoms with van der Waals surface area (Å²) < 4.78 is 0. The second-order valence-corrected chi connectivity index (χ2v) is 5.53. The summed E-state index contributed by atoms with van der Waals surface area (Å²) in [5.74, 6) is -0.165. The Hall–Kier alpha value is -2.33. The van der Waals surface area contributed by atoms with Crippen LogP contribution in [-0.4, -0.2) is 31.7 Å². The number of aliphatic hydroxyl groups excluding tert-OH is 1. The van der Waals surface area contributed by atoms with Crippen LogP contribution < -0.4 is 10.2 Å². The predicted octanol–water partition coefficient (Wildman–Crippen LogP) is 2.52. The van der Waals surface area contributed by atoms with Gasteiger partial charge < -0.3 is 15.3 Å². The van der Waals surface area contributed by atoms with Gasteiger partial charge in [-0.15, -0.1) is 0 Å². The van der Waals surface area contributed by atoms with Gasteiger partial charge in [-0.2, -0.15) is 0 Å². The predicted molar refractivity (Wildman–Crippen MR) is 89.2 cm³/mol. The Bertz CT molecular complexity index is 636. The number of carbonyl (C=O) groups is 1. The number of hydrogen-bond donors (Lipinski definition) is 2. The summed E-state index contributed by atoms with van der Waals surface area (Å²) in [6, 6.07) is 15.0. The van der Waals surface area contributed by atoms with Gasteiger partial charge in [0, 0.05) is 31.9 Å². The fourth-order valence-corrected chi connectivity index (χ4v) is 2.22. The number of benzene rings is 2. The zero-order valence-corrected chi connectivity index (χ0v) is 13.2. The third kappa shape index (κ3) is 3.86. The quantitative estimate of drug-likeness (QED) is 0.892. The molecule has 4 nitrogen and oxygen atoms in total. The van der Waals surface area contributed by atoms with Crippen LogP contribution in [0, 0.1) is 6.92 Å². The van der Waals surface area contributed by atoms with Gasteiger partial charge in [0.25, 0.3) is 5.91 Å². The first-order valence-electron chi connectivity index (χ1n) is 7.28. The number of rotatable bonds is 5. The molecule has 116 valence electrons. The first-order chi connectivity index (χ1) is 10.5. The number of amides is 1. The minimum atomic E-state index is -0.718. The topological polar surface area (TPSA) is 52.6 Å². The van der Waals surface area contributed by atoms with Gasteiger partial charge in [-0.3, -0.25) is 4.79 Å². The SMILES string of the molecule is Cc1ccccc1C(=O)NC[C@H](O)c1ccc(N(C)C)cc1. The molecular weight excluding hydrogens is 276 g/mol. The maximum absolute atomic E-state index is 12.1. The van der Waals surface area contributed by atoms with E-state index in [0.717, 1.165) is 16.8 Å². The highest BCUT2D eigenvalue weighted by molar-refractivity contribution is 5.95. The minimum absolute atomic E-state index is 0.165. The van der Waals surface area contributed by atoms with Gasteiger partial charge in [0.2, 0.25) is 0 Å². The van der Waals surface area contributed by atoms with E-state index in [-0.39, 0.29) is 12.5 Å². The number of hydrogen-bond acceptors (Lipinski definition) is 3. The normalized spacial score (nSPS) is 11.8. The second kappa shape index (κ2) is 7.09. The molecule has 2 N–H and O–H groups in total. The summed E-state index contributed by atoms with van der Waals surface area (Å²) in [4.78, 5) is 14.1. The van der Waals surface area contributed by atoms with Crippen molar-refractivity contribution in [2.75, 3.05) is 25.5 Å². The maximum atomic E-state index is 12.1. The highest BCUT2D eigenvalue weighted by atomic mass is 16.3. The van der Waals surface area contributed by atoms with Crippen LogP contribution in [0.15, 0.2) is 48.5 Å². The molecule has 0 radical (unpaired) electrons. The van der Waals surface area contributed by atoms with E-state index in [4.69, 9.17) is 0 Å². The molecule has 0 fully saturated rings. The molecular formula is C18H22N2O2. The third-order valence-corrected chi connectivity index (χ3v) is 3.64. The third-order valence-electron chi connectivity index (χ3n) is 3.64. The summed E-state index contributed by atoms with van der Waals surface area (Å²) in [5, 5.41) is 13.0. The highest BCUT2D eigenvalue weighted by Gasteiger charge is 2.12. The van der Waals surface area contributed by atoms with Crippen LogP contribution in [0.25, 0.3) is 0 Å². The van der Waals surface area contributed by atoms with Crippen LogP contribution in [0.2, 0.25) is 0 Å². The Morgan fingerprint density at radius 1 is 1.14 bits per heavy atom. The molecule has 0 heterocycles. The van der Waals surface area contributed by atoms with Gasteiger partial charge >= 0.3 is 0 Å². The van der Waals surface area contributed by atoms with Crippen molar-refractivity contribution in [3.8, 4) is 0 Å². The Morgan fingerprint density at radius 2 is 1.77 bits per heavy atom. The van der Waals surface area contributed by atoms with Crippen LogP contribution in [0.1, 0.15) is 27.6 Å². The van der Waals surface area contributed by atoms with Crippen molar-refractivity contribution < 1.29 is 9.90 Å². The van der Waals surface area contributed by atoms with Crippen molar-refractivity contribution in [3.63, 3.8) is 0 Å². The lowest BCUT2D eigenvalue weighted by Gasteiger charge is -2.16. The van der Waals surface area contributed by atoms with E-state index in [1.165, 1.54) is 0 Å². The van der Waals surface area contributed by atoms with Gasteiger partial charge in [0.05, 0.1) is 6.10 Å². The molecule has 0 aromatic heterocycles. The lowest BCUT2D eigenvalue weighted by atomic mass is 10.1. The average Bonchev–Trinajstić information content (AvgIpc) is 2.52. The van der Waals surface area contributed by atoms with E-state index in [9.17, 15) is 9.90 Å². The van der Waals surface area contributed by atoms with Crippen molar-refractivity contribution >= 4 is 11.6 Å². The zero-order chi connectivity index (χ0) is 16.1. The smallest absolute Gasteiger partial charge is 0.251 e. The Balaban J connectivity index is 1.96. The van der Waals surface area contributed by atoms with Crippen LogP contribution in [0.3, 0.4) is 0 Å². The average molecular weight is 298 g/mol. The molecule has 0 aliphatic rings. The van der Waals surface area contributed by atoms with E-state index in [0.29, 0.717) is 5.56 Å². The van der Waals surface area contributed by atoms with Crippen molar-refractivity contribution in [3.05, 3.63) is 65.2 Å². The van der Waals surface area contributed by atoms with Crippen molar-refractivity contribution in [1.82, 2.24) is 5.32 Å². The molecule has 0 spiro atoms. The number of aryl methyl sites for hydroxylation is 1. The Morgan fingerprint density at radius 3 is 2.36 bits per heavy atom. The number of aliphatic hydroxyl groups is 1. The van der Waals surface area contributed by atoms with Crippen LogP contribution in [-0.2, 0) is 0 Å². The van der Waals surface area contributed by atoms with Gasteiger partial charge in [-0.1, -0.05) is 30.3 Å². The maximum Gasteiger partial charge on any atom is 0.251 e. The molecule has 2 aromatic carbocycles. The Labute approximate surface area is 131 Å². The van der Waals surface area contributed by atoms with E-state index in [2.05, 4.69) is 5.32 Å². The lowest BCUT2D eigenvalue weighted by Crippen LogP contribution is -2.28. The fourth-order valence-electron chi connectivity index (χ4n) is 2.22. The molecule has 0 aliphatic heterocycles. The largest absolute Gasteiger partial charge is 0.387 e. The monoisotopic (exact) mass is 298 g/mol. The van der Waals surface area contributed by atoms with E-state index in [1.807, 2.05) is 68.4 Å². The summed E-state index contributed by atoms with van der Waals surface area (Å²) in [6.07, 6.45) is -0.718. The first-order valence-corrected chi connectivity index (χ1v) is 7.28. The molecule has 2 aromatic rings. The molecule has 0 saturated heterocycles.